The molecule has 3 amide bonds. The topological polar surface area (TPSA) is 96.5 Å². The average Bonchev–Trinajstić information content (AvgIpc) is 2.06. The van der Waals surface area contributed by atoms with E-state index in [0.29, 0.717) is 0 Å². The largest absolute Gasteiger partial charge is 0.444 e. The first kappa shape index (κ1) is 12.4. The highest BCUT2D eigenvalue weighted by atomic mass is 16.6. The van der Waals surface area contributed by atoms with Crippen LogP contribution in [-0.4, -0.2) is 36.2 Å². The number of imide groups is 1. The zero-order chi connectivity index (χ0) is 12.3. The molecule has 1 aliphatic heterocycles. The Kier molecular flexibility index (Phi) is 3.48. The third-order valence-electron chi connectivity index (χ3n) is 1.65. The lowest BCUT2D eigenvalue weighted by atomic mass is 10.2. The summed E-state index contributed by atoms with van der Waals surface area (Å²) in [5, 5.41) is 6.96. The van der Waals surface area contributed by atoms with Crippen LogP contribution >= 0.6 is 0 Å². The van der Waals surface area contributed by atoms with Crippen molar-refractivity contribution in [3.8, 4) is 0 Å². The summed E-state index contributed by atoms with van der Waals surface area (Å²) in [7, 11) is 0. The molecule has 7 nitrogen and oxygen atoms in total. The van der Waals surface area contributed by atoms with Gasteiger partial charge in [-0.1, -0.05) is 0 Å². The minimum Gasteiger partial charge on any atom is -0.444 e. The van der Waals surface area contributed by atoms with Crippen molar-refractivity contribution < 1.29 is 19.1 Å². The molecule has 0 radical (unpaired) electrons. The number of piperazine rings is 1. The van der Waals surface area contributed by atoms with E-state index < -0.39 is 29.7 Å². The van der Waals surface area contributed by atoms with Gasteiger partial charge in [0.2, 0.25) is 5.91 Å². The number of alkyl carbamates (subject to hydrolysis) is 1. The zero-order valence-electron chi connectivity index (χ0n) is 9.42. The summed E-state index contributed by atoms with van der Waals surface area (Å²) in [5.41, 5.74) is -0.634. The van der Waals surface area contributed by atoms with Crippen molar-refractivity contribution in [3.05, 3.63) is 0 Å². The lowest BCUT2D eigenvalue weighted by Crippen LogP contribution is -2.63. The summed E-state index contributed by atoms with van der Waals surface area (Å²) in [4.78, 5) is 33.4. The van der Waals surface area contributed by atoms with Gasteiger partial charge in [0.15, 0.2) is 6.17 Å². The van der Waals surface area contributed by atoms with Crippen LogP contribution in [0.2, 0.25) is 0 Å². The van der Waals surface area contributed by atoms with E-state index in [4.69, 9.17) is 4.74 Å². The standard InChI is InChI=1S/C9H15N3O4/c1-9(2,3)16-8(15)12-6-7(14)11-5(13)4-10-6/h6,10H,4H2,1-3H3,(H,12,15)(H,11,13,14)/t6-/m0/s1. The number of hydrogen-bond acceptors (Lipinski definition) is 5. The smallest absolute Gasteiger partial charge is 0.409 e. The first-order valence-electron chi connectivity index (χ1n) is 4.84. The van der Waals surface area contributed by atoms with E-state index in [-0.39, 0.29) is 6.54 Å². The minimum atomic E-state index is -0.937. The van der Waals surface area contributed by atoms with Crippen LogP contribution in [0.1, 0.15) is 20.8 Å². The van der Waals surface area contributed by atoms with Gasteiger partial charge >= 0.3 is 6.09 Å². The fourth-order valence-electron chi connectivity index (χ4n) is 1.08. The van der Waals surface area contributed by atoms with Crippen LogP contribution in [0, 0.1) is 0 Å². The SMILES string of the molecule is CC(C)(C)OC(=O)N[C@@H]1NCC(=O)NC1=O. The number of carbonyl (C=O) groups excluding carboxylic acids is 3. The molecule has 0 spiro atoms. The molecule has 1 aliphatic rings. The fraction of sp³-hybridized carbons (Fsp3) is 0.667. The molecule has 0 aromatic heterocycles. The van der Waals surface area contributed by atoms with Crippen molar-refractivity contribution >= 4 is 17.9 Å². The Labute approximate surface area is 92.9 Å². The molecule has 0 bridgehead atoms. The van der Waals surface area contributed by atoms with E-state index in [2.05, 4.69) is 16.0 Å². The Bertz CT molecular complexity index is 321. The maximum atomic E-state index is 11.3. The van der Waals surface area contributed by atoms with Gasteiger partial charge in [-0.15, -0.1) is 0 Å². The van der Waals surface area contributed by atoms with Crippen LogP contribution in [0.15, 0.2) is 0 Å². The summed E-state index contributed by atoms with van der Waals surface area (Å²) in [5.74, 6) is -1.02. The summed E-state index contributed by atoms with van der Waals surface area (Å²) in [6.45, 7) is 5.12. The first-order chi connectivity index (χ1) is 7.28. The number of nitrogens with one attached hydrogen (secondary N) is 3. The maximum Gasteiger partial charge on any atom is 0.409 e. The molecule has 1 atom stereocenters. The van der Waals surface area contributed by atoms with E-state index >= 15 is 0 Å². The van der Waals surface area contributed by atoms with Crippen molar-refractivity contribution in [3.63, 3.8) is 0 Å². The third-order valence-corrected chi connectivity index (χ3v) is 1.65. The van der Waals surface area contributed by atoms with Gasteiger partial charge in [-0.2, -0.15) is 0 Å². The molecule has 0 aromatic rings. The number of ether oxygens (including phenoxy) is 1. The summed E-state index contributed by atoms with van der Waals surface area (Å²) in [6, 6.07) is 0. The van der Waals surface area contributed by atoms with Gasteiger partial charge in [0.1, 0.15) is 5.60 Å². The second-order valence-corrected chi connectivity index (χ2v) is 4.37. The first-order valence-corrected chi connectivity index (χ1v) is 4.84. The van der Waals surface area contributed by atoms with Gasteiger partial charge in [0.05, 0.1) is 6.54 Å². The molecule has 1 saturated heterocycles. The predicted molar refractivity (Wildman–Crippen MR) is 54.3 cm³/mol. The van der Waals surface area contributed by atoms with Crippen LogP contribution < -0.4 is 16.0 Å². The molecule has 1 fully saturated rings. The molecule has 0 saturated carbocycles. The second kappa shape index (κ2) is 4.48. The number of carbonyl (C=O) groups is 3. The Morgan fingerprint density at radius 1 is 1.44 bits per heavy atom. The van der Waals surface area contributed by atoms with E-state index in [1.807, 2.05) is 0 Å². The molecule has 16 heavy (non-hydrogen) atoms. The van der Waals surface area contributed by atoms with Gasteiger partial charge in [-0.05, 0) is 20.8 Å². The minimum absolute atomic E-state index is 0.0216. The van der Waals surface area contributed by atoms with Crippen LogP contribution in [0.5, 0.6) is 0 Å². The van der Waals surface area contributed by atoms with Gasteiger partial charge in [0, 0.05) is 0 Å². The van der Waals surface area contributed by atoms with Crippen molar-refractivity contribution in [2.45, 2.75) is 32.5 Å². The van der Waals surface area contributed by atoms with E-state index in [1.165, 1.54) is 0 Å². The van der Waals surface area contributed by atoms with Gasteiger partial charge in [-0.3, -0.25) is 25.5 Å². The van der Waals surface area contributed by atoms with Crippen molar-refractivity contribution in [1.29, 1.82) is 0 Å². The summed E-state index contributed by atoms with van der Waals surface area (Å²) < 4.78 is 4.96. The van der Waals surface area contributed by atoms with Crippen molar-refractivity contribution in [1.82, 2.24) is 16.0 Å². The fourth-order valence-corrected chi connectivity index (χ4v) is 1.08. The van der Waals surface area contributed by atoms with Gasteiger partial charge < -0.3 is 4.74 Å². The van der Waals surface area contributed by atoms with Crippen LogP contribution in [0.3, 0.4) is 0 Å². The Hall–Kier alpha value is -1.63. The highest BCUT2D eigenvalue weighted by molar-refractivity contribution is 6.01. The van der Waals surface area contributed by atoms with Crippen LogP contribution in [0.4, 0.5) is 4.79 Å². The van der Waals surface area contributed by atoms with E-state index in [1.54, 1.807) is 20.8 Å². The Morgan fingerprint density at radius 3 is 2.56 bits per heavy atom. The Morgan fingerprint density at radius 2 is 2.06 bits per heavy atom. The zero-order valence-corrected chi connectivity index (χ0v) is 9.42. The highest BCUT2D eigenvalue weighted by Gasteiger charge is 2.28. The molecule has 1 rings (SSSR count). The number of hydrogen-bond donors (Lipinski definition) is 3. The quantitative estimate of drug-likeness (QED) is 0.505. The number of amides is 3. The highest BCUT2D eigenvalue weighted by Crippen LogP contribution is 2.06. The lowest BCUT2D eigenvalue weighted by molar-refractivity contribution is -0.134. The van der Waals surface area contributed by atoms with Gasteiger partial charge in [-0.25, -0.2) is 4.79 Å². The second-order valence-electron chi connectivity index (χ2n) is 4.37. The van der Waals surface area contributed by atoms with Gasteiger partial charge in [0.25, 0.3) is 5.91 Å². The maximum absolute atomic E-state index is 11.3. The van der Waals surface area contributed by atoms with Crippen LogP contribution in [-0.2, 0) is 14.3 Å². The Balaban J connectivity index is 2.45. The molecular formula is C9H15N3O4. The summed E-state index contributed by atoms with van der Waals surface area (Å²) >= 11 is 0. The average molecular weight is 229 g/mol. The summed E-state index contributed by atoms with van der Waals surface area (Å²) in [6.07, 6.45) is -1.65. The van der Waals surface area contributed by atoms with E-state index in [0.717, 1.165) is 0 Å². The van der Waals surface area contributed by atoms with Crippen LogP contribution in [0.25, 0.3) is 0 Å². The molecule has 0 unspecified atom stereocenters. The molecule has 1 heterocycles. The molecule has 0 aromatic carbocycles. The van der Waals surface area contributed by atoms with E-state index in [9.17, 15) is 14.4 Å². The molecule has 90 valence electrons. The van der Waals surface area contributed by atoms with Crippen molar-refractivity contribution in [2.24, 2.45) is 0 Å². The normalized spacial score (nSPS) is 21.3. The molecule has 7 heteroatoms. The predicted octanol–water partition coefficient (Wildman–Crippen LogP) is -0.917. The molecule has 3 N–H and O–H groups in total. The number of rotatable bonds is 1. The molecule has 0 aliphatic carbocycles. The molecular weight excluding hydrogens is 214 g/mol. The monoisotopic (exact) mass is 229 g/mol. The lowest BCUT2D eigenvalue weighted by Gasteiger charge is -2.25. The van der Waals surface area contributed by atoms with Crippen molar-refractivity contribution in [2.75, 3.05) is 6.54 Å². The third kappa shape index (κ3) is 3.85.